The Kier molecular flexibility index (Phi) is 5.06. The van der Waals surface area contributed by atoms with Crippen molar-refractivity contribution in [2.45, 2.75) is 12.4 Å². The zero-order valence-corrected chi connectivity index (χ0v) is 24.2. The van der Waals surface area contributed by atoms with Crippen molar-refractivity contribution >= 4 is 129 Å². The van der Waals surface area contributed by atoms with E-state index in [1.165, 1.54) is 0 Å². The number of fused-ring (bicyclic) bond motifs is 2. The van der Waals surface area contributed by atoms with Crippen molar-refractivity contribution in [3.8, 4) is 0 Å². The quantitative estimate of drug-likeness (QED) is 0.0874. The summed E-state index contributed by atoms with van der Waals surface area (Å²) in [7, 11) is 0. The van der Waals surface area contributed by atoms with Crippen LogP contribution < -0.4 is 0 Å². The molecule has 2 heterocycles. The molecule has 38 heavy (non-hydrogen) atoms. The topological polar surface area (TPSA) is 51.6 Å². The highest BCUT2D eigenvalue weighted by Crippen LogP contribution is 2.50. The Morgan fingerprint density at radius 2 is 0.658 bits per heavy atom. The fourth-order valence-corrected chi connectivity index (χ4v) is 7.15. The second kappa shape index (κ2) is 7.73. The second-order valence-corrected chi connectivity index (χ2v) is 12.0. The number of hydrogen-bond donors (Lipinski definition) is 0. The largest absolute Gasteiger partial charge is 0.451 e. The lowest BCUT2D eigenvalue weighted by Gasteiger charge is -2.20. The van der Waals surface area contributed by atoms with Gasteiger partial charge >= 0.3 is 12.4 Å². The Labute approximate surface area is 240 Å². The fourth-order valence-electron chi connectivity index (χ4n) is 5.09. The first-order valence-corrected chi connectivity index (χ1v) is 13.7. The highest BCUT2D eigenvalue weighted by Gasteiger charge is 2.38. The van der Waals surface area contributed by atoms with E-state index in [0.717, 1.165) is 0 Å². The van der Waals surface area contributed by atoms with E-state index in [-0.39, 0.29) is 22.1 Å². The number of aromatic nitrogens is 4. The maximum atomic E-state index is 13.6. The van der Waals surface area contributed by atoms with Gasteiger partial charge in [-0.15, -0.1) is 0 Å². The van der Waals surface area contributed by atoms with E-state index in [9.17, 15) is 26.3 Å². The zero-order chi connectivity index (χ0) is 27.0. The van der Waals surface area contributed by atoms with Crippen molar-refractivity contribution in [1.29, 1.82) is 0 Å². The van der Waals surface area contributed by atoms with Crippen LogP contribution in [0.2, 0.25) is 0 Å². The van der Waals surface area contributed by atoms with Crippen molar-refractivity contribution in [3.63, 3.8) is 0 Å². The van der Waals surface area contributed by atoms with Crippen LogP contribution >= 0.6 is 63.7 Å². The van der Waals surface area contributed by atoms with Crippen LogP contribution in [-0.4, -0.2) is 19.9 Å². The number of nitrogens with zero attached hydrogens (tertiary/aromatic N) is 4. The maximum absolute atomic E-state index is 13.6. The molecule has 0 spiro atoms. The highest BCUT2D eigenvalue weighted by molar-refractivity contribution is 9.11. The smallest absolute Gasteiger partial charge is 0.223 e. The van der Waals surface area contributed by atoms with E-state index in [0.29, 0.717) is 61.0 Å². The van der Waals surface area contributed by atoms with Gasteiger partial charge in [0.15, 0.2) is 0 Å². The van der Waals surface area contributed by atoms with Crippen molar-refractivity contribution in [1.82, 2.24) is 19.9 Å². The van der Waals surface area contributed by atoms with Crippen LogP contribution in [0.15, 0.2) is 42.2 Å². The highest BCUT2D eigenvalue weighted by atomic mass is 79.9. The van der Waals surface area contributed by atoms with Gasteiger partial charge in [-0.25, -0.2) is 19.9 Å². The Balaban J connectivity index is 1.79. The first-order chi connectivity index (χ1) is 17.8. The molecule has 14 heteroatoms. The van der Waals surface area contributed by atoms with Crippen molar-refractivity contribution in [2.75, 3.05) is 0 Å². The monoisotopic (exact) mass is 778 g/mol. The van der Waals surface area contributed by atoms with Crippen LogP contribution in [-0.2, 0) is 12.4 Å². The second-order valence-electron chi connectivity index (χ2n) is 8.61. The van der Waals surface area contributed by atoms with Crippen LogP contribution in [0.5, 0.6) is 0 Å². The van der Waals surface area contributed by atoms with E-state index < -0.39 is 24.0 Å². The third kappa shape index (κ3) is 3.26. The predicted molar refractivity (Wildman–Crippen MR) is 146 cm³/mol. The Morgan fingerprint density at radius 3 is 0.868 bits per heavy atom. The van der Waals surface area contributed by atoms with E-state index in [1.807, 2.05) is 0 Å². The van der Waals surface area contributed by atoms with Crippen LogP contribution in [0.3, 0.4) is 0 Å². The lowest BCUT2D eigenvalue weighted by atomic mass is 9.88. The van der Waals surface area contributed by atoms with E-state index in [1.54, 1.807) is 24.3 Å². The van der Waals surface area contributed by atoms with Gasteiger partial charge in [-0.1, -0.05) is 0 Å². The Morgan fingerprint density at radius 1 is 0.421 bits per heavy atom. The van der Waals surface area contributed by atoms with Crippen LogP contribution in [0, 0.1) is 0 Å². The van der Waals surface area contributed by atoms with E-state index in [4.69, 9.17) is 0 Å². The van der Waals surface area contributed by atoms with E-state index in [2.05, 4.69) is 83.7 Å². The molecule has 0 atom stereocenters. The average molecular weight is 782 g/mol. The summed E-state index contributed by atoms with van der Waals surface area (Å²) in [4.78, 5) is 15.4. The molecular formula is C24H4Br4F6N4. The molecule has 0 aliphatic carbocycles. The molecule has 190 valence electrons. The standard InChI is InChI=1S/C24H4Br4F6N4/c25-9-1-5-6-2-10(26)19-16-14(6)8(4-12(28)20(16)38-22(37-19)24(32,33)34)7-3-11(27)18-15(13(5)7)17(9)35-21(36-18)23(29,30)31/h1-4H. The molecule has 7 rings (SSSR count). The predicted octanol–water partition coefficient (Wildman–Crippen LogP) is 10.1. The summed E-state index contributed by atoms with van der Waals surface area (Å²) in [6.07, 6.45) is -9.52. The maximum Gasteiger partial charge on any atom is 0.451 e. The van der Waals surface area contributed by atoms with Crippen molar-refractivity contribution < 1.29 is 26.3 Å². The van der Waals surface area contributed by atoms with Gasteiger partial charge < -0.3 is 0 Å². The van der Waals surface area contributed by atoms with Gasteiger partial charge in [0, 0.05) is 39.4 Å². The molecule has 7 aromatic rings. The third-order valence-corrected chi connectivity index (χ3v) is 8.89. The SMILES string of the molecule is FC(F)(F)c1nc2c(Br)cc3c4cc(Br)c5nc(C(F)(F)F)nc6c(Br)cc(c7cc(Br)c(n1)c2c37)c4c56. The number of halogens is 10. The molecule has 0 fully saturated rings. The van der Waals surface area contributed by atoms with E-state index >= 15 is 0 Å². The summed E-state index contributed by atoms with van der Waals surface area (Å²) >= 11 is 13.6. The third-order valence-electron chi connectivity index (χ3n) is 6.47. The molecule has 4 nitrogen and oxygen atoms in total. The van der Waals surface area contributed by atoms with Crippen LogP contribution in [0.4, 0.5) is 26.3 Å². The first kappa shape index (κ1) is 24.9. The molecule has 0 radical (unpaired) electrons. The molecule has 2 aromatic heterocycles. The lowest BCUT2D eigenvalue weighted by Crippen LogP contribution is -2.12. The first-order valence-electron chi connectivity index (χ1n) is 10.5. The van der Waals surface area contributed by atoms with Crippen LogP contribution in [0.1, 0.15) is 11.6 Å². The molecule has 0 saturated carbocycles. The Bertz CT molecular complexity index is 1880. The molecule has 0 aliphatic heterocycles. The molecule has 0 amide bonds. The van der Waals surface area contributed by atoms with Crippen molar-refractivity contribution in [3.05, 3.63) is 53.8 Å². The zero-order valence-electron chi connectivity index (χ0n) is 17.9. The normalized spacial score (nSPS) is 13.5. The van der Waals surface area contributed by atoms with Gasteiger partial charge in [0.2, 0.25) is 11.6 Å². The molecule has 0 N–H and O–H groups in total. The fraction of sp³-hybridized carbons (Fsp3) is 0.0833. The summed E-state index contributed by atoms with van der Waals surface area (Å²) in [5.41, 5.74) is 0.353. The molecule has 5 aromatic carbocycles. The van der Waals surface area contributed by atoms with Gasteiger partial charge in [0.1, 0.15) is 0 Å². The number of benzene rings is 5. The number of rotatable bonds is 0. The molecule has 0 saturated heterocycles. The summed E-state index contributed by atoms with van der Waals surface area (Å²) in [5.74, 6) is -2.54. The summed E-state index contributed by atoms with van der Waals surface area (Å²) in [6, 6.07) is 6.67. The molecule has 0 aliphatic rings. The van der Waals surface area contributed by atoms with Gasteiger partial charge in [-0.05, 0) is 110 Å². The lowest BCUT2D eigenvalue weighted by molar-refractivity contribution is -0.145. The Hall–Kier alpha value is -2.16. The summed E-state index contributed by atoms with van der Waals surface area (Å²) in [6.45, 7) is 0. The van der Waals surface area contributed by atoms with Gasteiger partial charge in [-0.3, -0.25) is 0 Å². The van der Waals surface area contributed by atoms with Gasteiger partial charge in [0.25, 0.3) is 0 Å². The number of alkyl halides is 6. The van der Waals surface area contributed by atoms with Gasteiger partial charge in [-0.2, -0.15) is 26.3 Å². The summed E-state index contributed by atoms with van der Waals surface area (Å²) < 4.78 is 82.9. The minimum absolute atomic E-state index is 0.0882. The van der Waals surface area contributed by atoms with Crippen LogP contribution in [0.25, 0.3) is 65.2 Å². The molecular weight excluding hydrogens is 778 g/mol. The molecule has 0 bridgehead atoms. The average Bonchev–Trinajstić information content (AvgIpc) is 2.83. The minimum atomic E-state index is -4.76. The molecule has 0 unspecified atom stereocenters. The van der Waals surface area contributed by atoms with Gasteiger partial charge in [0.05, 0.1) is 22.1 Å². The minimum Gasteiger partial charge on any atom is -0.223 e. The summed E-state index contributed by atoms with van der Waals surface area (Å²) in [5, 5.41) is 4.68. The van der Waals surface area contributed by atoms with Crippen molar-refractivity contribution in [2.24, 2.45) is 0 Å². The number of hydrogen-bond acceptors (Lipinski definition) is 4.